The topological polar surface area (TPSA) is 104 Å². The second-order valence-electron chi connectivity index (χ2n) is 3.35. The molecule has 6 nitrogen and oxygen atoms in total. The summed E-state index contributed by atoms with van der Waals surface area (Å²) in [6.07, 6.45) is 0. The van der Waals surface area contributed by atoms with E-state index in [0.29, 0.717) is 0 Å². The van der Waals surface area contributed by atoms with Crippen LogP contribution in [0.1, 0.15) is 0 Å². The molecule has 0 saturated heterocycles. The molecule has 0 saturated carbocycles. The first kappa shape index (κ1) is 15.1. The van der Waals surface area contributed by atoms with Gasteiger partial charge in [0.15, 0.2) is 0 Å². The van der Waals surface area contributed by atoms with Gasteiger partial charge in [0.2, 0.25) is 0 Å². The van der Waals surface area contributed by atoms with Crippen molar-refractivity contribution >= 4 is 56.1 Å². The number of phenols is 1. The van der Waals surface area contributed by atoms with Gasteiger partial charge >= 0.3 is 29.6 Å². The van der Waals surface area contributed by atoms with Gasteiger partial charge in [-0.05, 0) is 5.18 Å². The third-order valence-electron chi connectivity index (χ3n) is 2.33. The number of hydrogen-bond acceptors (Lipinski definition) is 5. The number of aromatic hydroxyl groups is 1. The summed E-state index contributed by atoms with van der Waals surface area (Å²) in [5, 5.41) is 12.7. The Kier molecular flexibility index (Phi) is 4.46. The minimum atomic E-state index is -4.61. The molecule has 0 radical (unpaired) electrons. The molecule has 0 aliphatic carbocycles. The van der Waals surface area contributed by atoms with Gasteiger partial charge in [-0.15, -0.1) is 4.91 Å². The van der Waals surface area contributed by atoms with E-state index in [9.17, 15) is 18.4 Å². The fourth-order valence-electron chi connectivity index (χ4n) is 1.61. The molecule has 0 fully saturated rings. The van der Waals surface area contributed by atoms with Crippen molar-refractivity contribution in [2.45, 2.75) is 4.90 Å². The van der Waals surface area contributed by atoms with Crippen LogP contribution in [0.5, 0.6) is 5.75 Å². The molecular formula is C10H8NNaO5S. The molecule has 0 aliphatic rings. The van der Waals surface area contributed by atoms with E-state index in [1.54, 1.807) is 12.1 Å². The normalized spacial score (nSPS) is 10.9. The Labute approximate surface area is 125 Å². The predicted octanol–water partition coefficient (Wildman–Crippen LogP) is 1.54. The van der Waals surface area contributed by atoms with Gasteiger partial charge in [-0.3, -0.25) is 4.55 Å². The molecule has 0 aromatic heterocycles. The van der Waals surface area contributed by atoms with Crippen LogP contribution in [0.3, 0.4) is 0 Å². The van der Waals surface area contributed by atoms with Crippen LogP contribution in [0.4, 0.5) is 5.69 Å². The molecule has 2 aromatic rings. The SMILES string of the molecule is O=Nc1c(S(=O)(=O)O)cc(O)c2ccccc12.[NaH]. The summed E-state index contributed by atoms with van der Waals surface area (Å²) in [6.45, 7) is 0. The van der Waals surface area contributed by atoms with Crippen LogP contribution < -0.4 is 0 Å². The molecule has 0 atom stereocenters. The van der Waals surface area contributed by atoms with Crippen molar-refractivity contribution in [3.8, 4) is 5.75 Å². The van der Waals surface area contributed by atoms with E-state index in [0.717, 1.165) is 6.07 Å². The molecule has 0 amide bonds. The van der Waals surface area contributed by atoms with Gasteiger partial charge < -0.3 is 5.11 Å². The first-order valence-electron chi connectivity index (χ1n) is 4.50. The van der Waals surface area contributed by atoms with Crippen molar-refractivity contribution in [2.75, 3.05) is 0 Å². The monoisotopic (exact) mass is 277 g/mol. The first-order valence-corrected chi connectivity index (χ1v) is 5.94. The number of nitroso groups, excluding NO2 is 1. The van der Waals surface area contributed by atoms with Crippen molar-refractivity contribution in [3.05, 3.63) is 35.2 Å². The van der Waals surface area contributed by atoms with Crippen LogP contribution in [-0.2, 0) is 10.1 Å². The number of fused-ring (bicyclic) bond motifs is 1. The number of benzene rings is 2. The number of rotatable bonds is 2. The van der Waals surface area contributed by atoms with E-state index in [-0.39, 0.29) is 46.1 Å². The predicted molar refractivity (Wildman–Crippen MR) is 68.0 cm³/mol. The van der Waals surface area contributed by atoms with E-state index in [1.165, 1.54) is 12.1 Å². The fourth-order valence-corrected chi connectivity index (χ4v) is 2.26. The average molecular weight is 277 g/mol. The van der Waals surface area contributed by atoms with Crippen LogP contribution in [0, 0.1) is 4.91 Å². The van der Waals surface area contributed by atoms with Crippen molar-refractivity contribution in [1.82, 2.24) is 0 Å². The molecule has 0 heterocycles. The van der Waals surface area contributed by atoms with Crippen LogP contribution in [0.15, 0.2) is 40.4 Å². The van der Waals surface area contributed by atoms with E-state index in [2.05, 4.69) is 5.18 Å². The Hall–Kier alpha value is -0.990. The molecule has 0 spiro atoms. The van der Waals surface area contributed by atoms with Gasteiger partial charge in [-0.25, -0.2) is 0 Å². The van der Waals surface area contributed by atoms with E-state index in [1.807, 2.05) is 0 Å². The molecule has 0 unspecified atom stereocenters. The minimum absolute atomic E-state index is 0. The average Bonchev–Trinajstić information content (AvgIpc) is 2.28. The molecule has 90 valence electrons. The van der Waals surface area contributed by atoms with Gasteiger partial charge in [0.25, 0.3) is 10.1 Å². The molecular weight excluding hydrogens is 269 g/mol. The standard InChI is InChI=1S/C10H7NO5S.Na.H/c12-8-5-9(17(14,15)16)10(11-13)7-4-2-1-3-6(7)8;;/h1-5,12H,(H,14,15,16);;. The van der Waals surface area contributed by atoms with Crippen molar-refractivity contribution in [2.24, 2.45) is 5.18 Å². The quantitative estimate of drug-likeness (QED) is 0.492. The van der Waals surface area contributed by atoms with Crippen LogP contribution in [-0.4, -0.2) is 47.6 Å². The third-order valence-corrected chi connectivity index (χ3v) is 3.20. The van der Waals surface area contributed by atoms with Gasteiger partial charge in [0, 0.05) is 16.8 Å². The van der Waals surface area contributed by atoms with Gasteiger partial charge in [-0.2, -0.15) is 8.42 Å². The molecule has 2 aromatic carbocycles. The first-order chi connectivity index (χ1) is 7.95. The number of nitrogens with zero attached hydrogens (tertiary/aromatic N) is 1. The molecule has 8 heteroatoms. The van der Waals surface area contributed by atoms with Crippen LogP contribution in [0.25, 0.3) is 10.8 Å². The molecule has 0 bridgehead atoms. The second kappa shape index (κ2) is 5.33. The maximum atomic E-state index is 11.1. The summed E-state index contributed by atoms with van der Waals surface area (Å²) in [5.74, 6) is -0.347. The Bertz CT molecular complexity index is 714. The van der Waals surface area contributed by atoms with Gasteiger partial charge in [-0.1, -0.05) is 24.3 Å². The zero-order valence-electron chi connectivity index (χ0n) is 8.36. The summed E-state index contributed by atoms with van der Waals surface area (Å²) in [4.78, 5) is 9.99. The van der Waals surface area contributed by atoms with Crippen molar-refractivity contribution in [3.63, 3.8) is 0 Å². The van der Waals surface area contributed by atoms with Crippen LogP contribution >= 0.6 is 0 Å². The van der Waals surface area contributed by atoms with E-state index < -0.39 is 20.7 Å². The Morgan fingerprint density at radius 1 is 1.11 bits per heavy atom. The third kappa shape index (κ3) is 2.55. The fraction of sp³-hybridized carbons (Fsp3) is 0. The van der Waals surface area contributed by atoms with Gasteiger partial charge in [0.05, 0.1) is 0 Å². The Morgan fingerprint density at radius 3 is 2.17 bits per heavy atom. The Morgan fingerprint density at radius 2 is 1.67 bits per heavy atom. The summed E-state index contributed by atoms with van der Waals surface area (Å²) in [7, 11) is -4.61. The summed E-state index contributed by atoms with van der Waals surface area (Å²) in [6, 6.07) is 6.91. The summed E-state index contributed by atoms with van der Waals surface area (Å²) < 4.78 is 31.1. The molecule has 2 N–H and O–H groups in total. The number of hydrogen-bond donors (Lipinski definition) is 2. The van der Waals surface area contributed by atoms with Crippen molar-refractivity contribution in [1.29, 1.82) is 0 Å². The summed E-state index contributed by atoms with van der Waals surface area (Å²) in [5.41, 5.74) is -0.416. The van der Waals surface area contributed by atoms with Crippen LogP contribution in [0.2, 0.25) is 0 Å². The Balaban J connectivity index is 0.00000162. The summed E-state index contributed by atoms with van der Waals surface area (Å²) >= 11 is 0. The van der Waals surface area contributed by atoms with Gasteiger partial charge in [0.1, 0.15) is 16.3 Å². The maximum absolute atomic E-state index is 11.1. The molecule has 18 heavy (non-hydrogen) atoms. The second-order valence-corrected chi connectivity index (χ2v) is 4.74. The van der Waals surface area contributed by atoms with Crippen molar-refractivity contribution < 1.29 is 18.1 Å². The zero-order chi connectivity index (χ0) is 12.6. The molecule has 0 aliphatic heterocycles. The van der Waals surface area contributed by atoms with E-state index in [4.69, 9.17) is 4.55 Å². The van der Waals surface area contributed by atoms with E-state index >= 15 is 0 Å². The zero-order valence-corrected chi connectivity index (χ0v) is 9.18. The number of phenolic OH excluding ortho intramolecular Hbond substituents is 1. The molecule has 2 rings (SSSR count).